The molecule has 0 aromatic heterocycles. The molecule has 1 N–H and O–H groups in total. The van der Waals surface area contributed by atoms with E-state index in [-0.39, 0.29) is 12.1 Å². The van der Waals surface area contributed by atoms with Gasteiger partial charge < -0.3 is 10.1 Å². The summed E-state index contributed by atoms with van der Waals surface area (Å²) in [5.41, 5.74) is 4.52. The first-order valence-electron chi connectivity index (χ1n) is 9.79. The highest BCUT2D eigenvalue weighted by Gasteiger charge is 2.33. The Balaban J connectivity index is 1.58. The van der Waals surface area contributed by atoms with E-state index in [4.69, 9.17) is 32.9 Å². The van der Waals surface area contributed by atoms with Crippen molar-refractivity contribution in [2.45, 2.75) is 24.9 Å². The van der Waals surface area contributed by atoms with E-state index in [0.29, 0.717) is 0 Å². The lowest BCUT2D eigenvalue weighted by molar-refractivity contribution is 0.287. The summed E-state index contributed by atoms with van der Waals surface area (Å²) in [6.45, 7) is 0.749. The summed E-state index contributed by atoms with van der Waals surface area (Å²) in [7, 11) is 0. The summed E-state index contributed by atoms with van der Waals surface area (Å²) in [5, 5.41) is 5.09. The van der Waals surface area contributed by atoms with Crippen LogP contribution >= 0.6 is 23.2 Å². The number of halogens is 2. The molecule has 5 rings (SSSR count). The summed E-state index contributed by atoms with van der Waals surface area (Å²) in [6, 6.07) is 22.1. The Morgan fingerprint density at radius 2 is 1.55 bits per heavy atom. The Morgan fingerprint density at radius 1 is 0.862 bits per heavy atom. The lowest BCUT2D eigenvalue weighted by Crippen LogP contribution is -2.26. The summed E-state index contributed by atoms with van der Waals surface area (Å²) >= 11 is 12.2. The SMILES string of the molecule is Clc1ccc([C@H]2NC(c3cccc4c3OCCC4)=N[C@H]2c2ccc(Cl)cc2)cc1. The third kappa shape index (κ3) is 3.61. The average Bonchev–Trinajstić information content (AvgIpc) is 3.19. The molecule has 146 valence electrons. The fourth-order valence-electron chi connectivity index (χ4n) is 4.06. The monoisotopic (exact) mass is 422 g/mol. The molecule has 0 unspecified atom stereocenters. The molecule has 0 saturated heterocycles. The Labute approximate surface area is 180 Å². The number of ether oxygens (including phenoxy) is 1. The van der Waals surface area contributed by atoms with Gasteiger partial charge in [0.1, 0.15) is 17.6 Å². The number of para-hydroxylation sites is 1. The molecule has 5 heteroatoms. The van der Waals surface area contributed by atoms with Crippen LogP contribution in [0.2, 0.25) is 10.0 Å². The van der Waals surface area contributed by atoms with E-state index in [0.717, 1.165) is 57.8 Å². The molecule has 2 atom stereocenters. The zero-order chi connectivity index (χ0) is 19.8. The van der Waals surface area contributed by atoms with Gasteiger partial charge in [-0.15, -0.1) is 0 Å². The largest absolute Gasteiger partial charge is 0.493 e. The molecule has 2 aliphatic rings. The molecule has 3 aromatic carbocycles. The van der Waals surface area contributed by atoms with Crippen molar-refractivity contribution in [1.82, 2.24) is 5.32 Å². The molecule has 0 saturated carbocycles. The van der Waals surface area contributed by atoms with E-state index in [2.05, 4.69) is 35.6 Å². The number of rotatable bonds is 3. The van der Waals surface area contributed by atoms with Gasteiger partial charge in [-0.3, -0.25) is 4.99 Å². The van der Waals surface area contributed by atoms with Gasteiger partial charge in [0.25, 0.3) is 0 Å². The number of benzene rings is 3. The van der Waals surface area contributed by atoms with Gasteiger partial charge in [0.15, 0.2) is 0 Å². The second-order valence-electron chi connectivity index (χ2n) is 7.39. The van der Waals surface area contributed by atoms with Crippen molar-refractivity contribution in [2.75, 3.05) is 6.61 Å². The van der Waals surface area contributed by atoms with Gasteiger partial charge >= 0.3 is 0 Å². The highest BCUT2D eigenvalue weighted by atomic mass is 35.5. The molecule has 29 heavy (non-hydrogen) atoms. The minimum Gasteiger partial charge on any atom is -0.493 e. The standard InChI is InChI=1S/C24H20Cl2N2O/c25-18-10-6-15(7-11-18)21-22(16-8-12-19(26)13-9-16)28-24(27-21)20-5-1-3-17-4-2-14-29-23(17)20/h1,3,5-13,21-22H,2,4,14H2,(H,27,28)/t21-,22+. The Morgan fingerprint density at radius 3 is 2.28 bits per heavy atom. The zero-order valence-electron chi connectivity index (χ0n) is 15.7. The second-order valence-corrected chi connectivity index (χ2v) is 8.27. The first-order chi connectivity index (χ1) is 14.2. The maximum absolute atomic E-state index is 6.11. The number of aliphatic imine (C=N–C) groups is 1. The van der Waals surface area contributed by atoms with Crippen molar-refractivity contribution in [3.63, 3.8) is 0 Å². The lowest BCUT2D eigenvalue weighted by atomic mass is 9.95. The van der Waals surface area contributed by atoms with Crippen molar-refractivity contribution < 1.29 is 4.74 Å². The summed E-state index contributed by atoms with van der Waals surface area (Å²) in [5.74, 6) is 1.82. The lowest BCUT2D eigenvalue weighted by Gasteiger charge is -2.22. The topological polar surface area (TPSA) is 33.6 Å². The van der Waals surface area contributed by atoms with Gasteiger partial charge in [-0.05, 0) is 59.9 Å². The summed E-state index contributed by atoms with van der Waals surface area (Å²) < 4.78 is 6.02. The molecular formula is C24H20Cl2N2O. The normalized spacial score (nSPS) is 20.4. The average molecular weight is 423 g/mol. The van der Waals surface area contributed by atoms with Gasteiger partial charge in [-0.2, -0.15) is 0 Å². The Hall–Kier alpha value is -2.49. The van der Waals surface area contributed by atoms with Crippen molar-refractivity contribution >= 4 is 29.0 Å². The van der Waals surface area contributed by atoms with Crippen molar-refractivity contribution in [2.24, 2.45) is 4.99 Å². The predicted molar refractivity (Wildman–Crippen MR) is 118 cm³/mol. The number of hydrogen-bond donors (Lipinski definition) is 1. The van der Waals surface area contributed by atoms with Gasteiger partial charge in [-0.1, -0.05) is 59.6 Å². The molecule has 3 aromatic rings. The second kappa shape index (κ2) is 7.74. The molecule has 2 aliphatic heterocycles. The predicted octanol–water partition coefficient (Wildman–Crippen LogP) is 6.15. The minimum absolute atomic E-state index is 0.00267. The Kier molecular flexibility index (Phi) is 4.94. The maximum atomic E-state index is 6.11. The third-order valence-corrected chi connectivity index (χ3v) is 6.01. The number of nitrogens with zero attached hydrogens (tertiary/aromatic N) is 1. The molecule has 2 heterocycles. The van der Waals surface area contributed by atoms with Crippen LogP contribution in [0, 0.1) is 0 Å². The fraction of sp³-hybridized carbons (Fsp3) is 0.208. The van der Waals surface area contributed by atoms with E-state index in [1.54, 1.807) is 0 Å². The highest BCUT2D eigenvalue weighted by Crippen LogP contribution is 2.39. The number of nitrogens with one attached hydrogen (secondary N) is 1. The van der Waals surface area contributed by atoms with Crippen LogP contribution in [-0.4, -0.2) is 12.4 Å². The zero-order valence-corrected chi connectivity index (χ0v) is 17.3. The Bertz CT molecular complexity index is 1060. The van der Waals surface area contributed by atoms with Crippen LogP contribution in [0.1, 0.15) is 40.8 Å². The quantitative estimate of drug-likeness (QED) is 0.548. The highest BCUT2D eigenvalue weighted by molar-refractivity contribution is 6.30. The van der Waals surface area contributed by atoms with Gasteiger partial charge in [0.2, 0.25) is 0 Å². The van der Waals surface area contributed by atoms with Crippen molar-refractivity contribution in [1.29, 1.82) is 0 Å². The van der Waals surface area contributed by atoms with Crippen molar-refractivity contribution in [3.8, 4) is 5.75 Å². The molecular weight excluding hydrogens is 403 g/mol. The van der Waals surface area contributed by atoms with Gasteiger partial charge in [0.05, 0.1) is 18.2 Å². The molecule has 0 radical (unpaired) electrons. The van der Waals surface area contributed by atoms with Crippen LogP contribution in [0.4, 0.5) is 0 Å². The fourth-order valence-corrected chi connectivity index (χ4v) is 4.31. The minimum atomic E-state index is -0.0668. The van der Waals surface area contributed by atoms with E-state index >= 15 is 0 Å². The number of aryl methyl sites for hydroxylation is 1. The molecule has 0 fully saturated rings. The summed E-state index contributed by atoms with van der Waals surface area (Å²) in [4.78, 5) is 5.10. The van der Waals surface area contributed by atoms with E-state index in [9.17, 15) is 0 Å². The van der Waals surface area contributed by atoms with E-state index < -0.39 is 0 Å². The summed E-state index contributed by atoms with van der Waals surface area (Å²) in [6.07, 6.45) is 2.09. The third-order valence-electron chi connectivity index (χ3n) is 5.51. The maximum Gasteiger partial charge on any atom is 0.133 e. The van der Waals surface area contributed by atoms with Crippen LogP contribution < -0.4 is 10.1 Å². The van der Waals surface area contributed by atoms with Crippen LogP contribution in [0.5, 0.6) is 5.75 Å². The smallest absolute Gasteiger partial charge is 0.133 e. The molecule has 0 spiro atoms. The first-order valence-corrected chi connectivity index (χ1v) is 10.5. The number of fused-ring (bicyclic) bond motifs is 1. The van der Waals surface area contributed by atoms with Crippen LogP contribution in [0.3, 0.4) is 0 Å². The number of amidine groups is 1. The molecule has 0 aliphatic carbocycles. The van der Waals surface area contributed by atoms with Gasteiger partial charge in [0, 0.05) is 10.0 Å². The van der Waals surface area contributed by atoms with Crippen LogP contribution in [0.15, 0.2) is 71.7 Å². The number of hydrogen-bond acceptors (Lipinski definition) is 3. The molecule has 0 bridgehead atoms. The van der Waals surface area contributed by atoms with E-state index in [1.807, 2.05) is 36.4 Å². The molecule has 3 nitrogen and oxygen atoms in total. The van der Waals surface area contributed by atoms with Crippen molar-refractivity contribution in [3.05, 3.63) is 99.0 Å². The molecule has 0 amide bonds. The van der Waals surface area contributed by atoms with Crippen LogP contribution in [0.25, 0.3) is 0 Å². The first kappa shape index (κ1) is 18.5. The van der Waals surface area contributed by atoms with Gasteiger partial charge in [-0.25, -0.2) is 0 Å². The van der Waals surface area contributed by atoms with E-state index in [1.165, 1.54) is 5.56 Å². The van der Waals surface area contributed by atoms with Crippen LogP contribution in [-0.2, 0) is 6.42 Å².